The van der Waals surface area contributed by atoms with E-state index < -0.39 is 0 Å². The number of hydrogen-bond donors (Lipinski definition) is 0. The van der Waals surface area contributed by atoms with Gasteiger partial charge < -0.3 is 9.64 Å². The van der Waals surface area contributed by atoms with Gasteiger partial charge in [-0.15, -0.1) is 0 Å². The van der Waals surface area contributed by atoms with Crippen LogP contribution in [0.5, 0.6) is 5.75 Å². The van der Waals surface area contributed by atoms with Crippen molar-refractivity contribution in [2.75, 3.05) is 20.7 Å². The molecule has 0 saturated heterocycles. The van der Waals surface area contributed by atoms with E-state index in [1.807, 2.05) is 42.6 Å². The summed E-state index contributed by atoms with van der Waals surface area (Å²) in [5.74, 6) is 0.865. The Hall–Kier alpha value is -2.00. The highest BCUT2D eigenvalue weighted by Gasteiger charge is 2.07. The van der Waals surface area contributed by atoms with Gasteiger partial charge in [0, 0.05) is 18.6 Å². The van der Waals surface area contributed by atoms with Crippen LogP contribution in [0.4, 0.5) is 5.69 Å². The summed E-state index contributed by atoms with van der Waals surface area (Å²) in [4.78, 5) is 6.59. The molecule has 0 radical (unpaired) electrons. The minimum Gasteiger partial charge on any atom is -0.497 e. The molecular weight excluding hydrogens is 308 g/mol. The molecule has 4 heteroatoms. The van der Waals surface area contributed by atoms with Gasteiger partial charge in [-0.25, -0.2) is 4.99 Å². The Morgan fingerprint density at radius 1 is 1.22 bits per heavy atom. The van der Waals surface area contributed by atoms with Crippen molar-refractivity contribution >= 4 is 23.6 Å². The lowest BCUT2D eigenvalue weighted by Crippen LogP contribution is -2.14. The Morgan fingerprint density at radius 2 is 1.91 bits per heavy atom. The minimum atomic E-state index is 0.713. The maximum atomic E-state index is 6.28. The molecule has 0 aliphatic carbocycles. The number of aliphatic imine (C=N–C) groups is 1. The SMILES string of the molecule is CCN(C)C=Nc1cc(Cl)cc(Cc2ccc(OC)cc2)c1C. The highest BCUT2D eigenvalue weighted by molar-refractivity contribution is 6.31. The molecule has 23 heavy (non-hydrogen) atoms. The third-order valence-corrected chi connectivity index (χ3v) is 4.12. The van der Waals surface area contributed by atoms with Crippen LogP contribution in [0.3, 0.4) is 0 Å². The highest BCUT2D eigenvalue weighted by atomic mass is 35.5. The predicted molar refractivity (Wildman–Crippen MR) is 98.4 cm³/mol. The summed E-state index contributed by atoms with van der Waals surface area (Å²) in [6.07, 6.45) is 2.67. The number of ether oxygens (including phenoxy) is 1. The summed E-state index contributed by atoms with van der Waals surface area (Å²) in [5, 5.41) is 0.713. The average Bonchev–Trinajstić information content (AvgIpc) is 2.56. The Bertz CT molecular complexity index is 681. The molecule has 2 aromatic rings. The molecule has 0 fully saturated rings. The molecule has 0 spiro atoms. The lowest BCUT2D eigenvalue weighted by Gasteiger charge is -2.12. The summed E-state index contributed by atoms with van der Waals surface area (Å²) >= 11 is 6.28. The maximum Gasteiger partial charge on any atom is 0.118 e. The second kappa shape index (κ2) is 8.02. The number of halogens is 1. The van der Waals surface area contributed by atoms with Crippen molar-refractivity contribution in [2.45, 2.75) is 20.3 Å². The second-order valence-electron chi connectivity index (χ2n) is 5.55. The van der Waals surface area contributed by atoms with Gasteiger partial charge in [-0.05, 0) is 61.2 Å². The van der Waals surface area contributed by atoms with E-state index in [1.54, 1.807) is 7.11 Å². The smallest absolute Gasteiger partial charge is 0.118 e. The van der Waals surface area contributed by atoms with Crippen molar-refractivity contribution in [3.05, 3.63) is 58.1 Å². The molecule has 0 amide bonds. The molecule has 2 rings (SSSR count). The molecule has 3 nitrogen and oxygen atoms in total. The zero-order chi connectivity index (χ0) is 16.8. The molecule has 0 N–H and O–H groups in total. The first-order chi connectivity index (χ1) is 11.0. The van der Waals surface area contributed by atoms with Crippen molar-refractivity contribution in [1.82, 2.24) is 4.90 Å². The van der Waals surface area contributed by atoms with Crippen molar-refractivity contribution in [2.24, 2.45) is 4.99 Å². The van der Waals surface area contributed by atoms with E-state index in [0.29, 0.717) is 5.02 Å². The maximum absolute atomic E-state index is 6.28. The zero-order valence-corrected chi connectivity index (χ0v) is 14.9. The first-order valence-electron chi connectivity index (χ1n) is 7.70. The Kier molecular flexibility index (Phi) is 6.05. The van der Waals surface area contributed by atoms with E-state index in [0.717, 1.165) is 30.0 Å². The van der Waals surface area contributed by atoms with Crippen LogP contribution >= 0.6 is 11.6 Å². The molecule has 0 atom stereocenters. The quantitative estimate of drug-likeness (QED) is 0.558. The van der Waals surface area contributed by atoms with Crippen LogP contribution < -0.4 is 4.74 Å². The highest BCUT2D eigenvalue weighted by Crippen LogP contribution is 2.29. The monoisotopic (exact) mass is 330 g/mol. The molecule has 0 aliphatic rings. The van der Waals surface area contributed by atoms with Crippen molar-refractivity contribution in [3.8, 4) is 5.75 Å². The van der Waals surface area contributed by atoms with E-state index in [9.17, 15) is 0 Å². The Labute approximate surface area is 143 Å². The largest absolute Gasteiger partial charge is 0.497 e. The van der Waals surface area contributed by atoms with Crippen LogP contribution in [0.1, 0.15) is 23.6 Å². The lowest BCUT2D eigenvalue weighted by molar-refractivity contribution is 0.414. The van der Waals surface area contributed by atoms with Crippen LogP contribution in [0.2, 0.25) is 5.02 Å². The third-order valence-electron chi connectivity index (χ3n) is 3.90. The van der Waals surface area contributed by atoms with Crippen LogP contribution in [0.15, 0.2) is 41.4 Å². The molecule has 0 saturated carbocycles. The summed E-state index contributed by atoms with van der Waals surface area (Å²) < 4.78 is 5.20. The van der Waals surface area contributed by atoms with E-state index in [1.165, 1.54) is 11.1 Å². The molecule has 0 bridgehead atoms. The fourth-order valence-corrected chi connectivity index (χ4v) is 2.48. The predicted octanol–water partition coefficient (Wildman–Crippen LogP) is 4.86. The standard InChI is InChI=1S/C19H23ClN2O/c1-5-22(3)13-21-19-12-17(20)11-16(14(19)2)10-15-6-8-18(23-4)9-7-15/h6-9,11-13H,5,10H2,1-4H3. The number of nitrogens with zero attached hydrogens (tertiary/aromatic N) is 2. The van der Waals surface area contributed by atoms with Gasteiger partial charge in [-0.3, -0.25) is 0 Å². The zero-order valence-electron chi connectivity index (χ0n) is 14.1. The minimum absolute atomic E-state index is 0.713. The Morgan fingerprint density at radius 3 is 2.52 bits per heavy atom. The van der Waals surface area contributed by atoms with Crippen molar-refractivity contribution in [3.63, 3.8) is 0 Å². The number of rotatable bonds is 6. The van der Waals surface area contributed by atoms with Gasteiger partial charge >= 0.3 is 0 Å². The Balaban J connectivity index is 2.27. The second-order valence-corrected chi connectivity index (χ2v) is 5.99. The molecule has 2 aromatic carbocycles. The van der Waals surface area contributed by atoms with E-state index in [2.05, 4.69) is 31.0 Å². The van der Waals surface area contributed by atoms with Gasteiger partial charge in [0.25, 0.3) is 0 Å². The summed E-state index contributed by atoms with van der Waals surface area (Å²) in [5.41, 5.74) is 4.48. The summed E-state index contributed by atoms with van der Waals surface area (Å²) in [6, 6.07) is 12.0. The first kappa shape index (κ1) is 17.4. The normalized spacial score (nSPS) is 11.0. The molecule has 0 unspecified atom stereocenters. The molecule has 122 valence electrons. The van der Waals surface area contributed by atoms with Gasteiger partial charge in [0.1, 0.15) is 5.75 Å². The van der Waals surface area contributed by atoms with Crippen molar-refractivity contribution < 1.29 is 4.74 Å². The average molecular weight is 331 g/mol. The third kappa shape index (κ3) is 4.73. The molecular formula is C19H23ClN2O. The van der Waals surface area contributed by atoms with Gasteiger partial charge in [0.2, 0.25) is 0 Å². The number of benzene rings is 2. The topological polar surface area (TPSA) is 24.8 Å². The van der Waals surface area contributed by atoms with Gasteiger partial charge in [-0.2, -0.15) is 0 Å². The molecule has 0 aliphatic heterocycles. The lowest BCUT2D eigenvalue weighted by atomic mass is 9.99. The number of hydrogen-bond acceptors (Lipinski definition) is 2. The van der Waals surface area contributed by atoms with E-state index in [4.69, 9.17) is 16.3 Å². The van der Waals surface area contributed by atoms with Crippen LogP contribution in [0, 0.1) is 6.92 Å². The molecule has 0 heterocycles. The molecule has 0 aromatic heterocycles. The van der Waals surface area contributed by atoms with Gasteiger partial charge in [-0.1, -0.05) is 23.7 Å². The van der Waals surface area contributed by atoms with Crippen LogP contribution in [-0.2, 0) is 6.42 Å². The van der Waals surface area contributed by atoms with Crippen LogP contribution in [0.25, 0.3) is 0 Å². The first-order valence-corrected chi connectivity index (χ1v) is 8.07. The van der Waals surface area contributed by atoms with E-state index >= 15 is 0 Å². The number of methoxy groups -OCH3 is 1. The summed E-state index contributed by atoms with van der Waals surface area (Å²) in [6.45, 7) is 5.10. The van der Waals surface area contributed by atoms with Crippen molar-refractivity contribution in [1.29, 1.82) is 0 Å². The van der Waals surface area contributed by atoms with E-state index in [-0.39, 0.29) is 0 Å². The fourth-order valence-electron chi connectivity index (χ4n) is 2.24. The summed E-state index contributed by atoms with van der Waals surface area (Å²) in [7, 11) is 3.68. The fraction of sp³-hybridized carbons (Fsp3) is 0.316. The van der Waals surface area contributed by atoms with Crippen LogP contribution in [-0.4, -0.2) is 31.9 Å². The van der Waals surface area contributed by atoms with Gasteiger partial charge in [0.15, 0.2) is 0 Å². The van der Waals surface area contributed by atoms with Gasteiger partial charge in [0.05, 0.1) is 19.1 Å².